The fourth-order valence-corrected chi connectivity index (χ4v) is 2.11. The first-order valence-electron chi connectivity index (χ1n) is 5.29. The Hall–Kier alpha value is -1.30. The number of nitrogens with zero attached hydrogens (tertiary/aromatic N) is 2. The van der Waals surface area contributed by atoms with Gasteiger partial charge in [-0.05, 0) is 19.4 Å². The highest BCUT2D eigenvalue weighted by atomic mass is 35.5. The maximum Gasteiger partial charge on any atom is 0.130 e. The van der Waals surface area contributed by atoms with E-state index in [9.17, 15) is 0 Å². The Bertz CT molecular complexity index is 492. The van der Waals surface area contributed by atoms with Crippen molar-refractivity contribution in [2.24, 2.45) is 12.9 Å². The SMILES string of the molecule is Cc1nn(C)c(Cl)c1CC(NN)c1ccoc1. The van der Waals surface area contributed by atoms with Crippen molar-refractivity contribution in [2.45, 2.75) is 19.4 Å². The van der Waals surface area contributed by atoms with Gasteiger partial charge in [0.1, 0.15) is 5.15 Å². The number of nitrogens with two attached hydrogens (primary N) is 1. The highest BCUT2D eigenvalue weighted by Gasteiger charge is 2.18. The molecule has 2 heterocycles. The molecule has 6 heteroatoms. The van der Waals surface area contributed by atoms with E-state index in [1.54, 1.807) is 17.2 Å². The molecule has 92 valence electrons. The van der Waals surface area contributed by atoms with Crippen molar-refractivity contribution in [2.75, 3.05) is 0 Å². The minimum absolute atomic E-state index is 0.0332. The lowest BCUT2D eigenvalue weighted by molar-refractivity contribution is 0.525. The number of aryl methyl sites for hydroxylation is 2. The number of hydrogen-bond acceptors (Lipinski definition) is 4. The number of halogens is 1. The molecule has 2 rings (SSSR count). The number of aromatic nitrogens is 2. The van der Waals surface area contributed by atoms with Crippen molar-refractivity contribution < 1.29 is 4.42 Å². The summed E-state index contributed by atoms with van der Waals surface area (Å²) < 4.78 is 6.71. The summed E-state index contributed by atoms with van der Waals surface area (Å²) >= 11 is 6.18. The van der Waals surface area contributed by atoms with Crippen LogP contribution in [0.2, 0.25) is 5.15 Å². The van der Waals surface area contributed by atoms with Gasteiger partial charge in [-0.2, -0.15) is 5.10 Å². The lowest BCUT2D eigenvalue weighted by Gasteiger charge is -2.13. The standard InChI is InChI=1S/C11H15ClN4O/c1-7-9(11(12)16(2)15-7)5-10(14-13)8-3-4-17-6-8/h3-4,6,10,14H,5,13H2,1-2H3. The van der Waals surface area contributed by atoms with Crippen LogP contribution in [0.15, 0.2) is 23.0 Å². The first-order chi connectivity index (χ1) is 8.13. The third kappa shape index (κ3) is 2.36. The molecule has 3 N–H and O–H groups in total. The second-order valence-electron chi connectivity index (χ2n) is 3.96. The van der Waals surface area contributed by atoms with Crippen LogP contribution in [0.3, 0.4) is 0 Å². The molecule has 1 atom stereocenters. The molecule has 0 aliphatic rings. The van der Waals surface area contributed by atoms with Gasteiger partial charge >= 0.3 is 0 Å². The van der Waals surface area contributed by atoms with Gasteiger partial charge in [0, 0.05) is 18.2 Å². The van der Waals surface area contributed by atoms with Crippen molar-refractivity contribution in [3.8, 4) is 0 Å². The van der Waals surface area contributed by atoms with Gasteiger partial charge < -0.3 is 4.42 Å². The van der Waals surface area contributed by atoms with E-state index in [0.29, 0.717) is 11.6 Å². The second kappa shape index (κ2) is 4.91. The van der Waals surface area contributed by atoms with E-state index in [0.717, 1.165) is 16.8 Å². The van der Waals surface area contributed by atoms with Crippen LogP contribution in [0.4, 0.5) is 0 Å². The topological polar surface area (TPSA) is 69.0 Å². The lowest BCUT2D eigenvalue weighted by Crippen LogP contribution is -2.29. The van der Waals surface area contributed by atoms with Crippen molar-refractivity contribution in [3.63, 3.8) is 0 Å². The largest absolute Gasteiger partial charge is 0.472 e. The molecule has 0 bridgehead atoms. The minimum Gasteiger partial charge on any atom is -0.472 e. The minimum atomic E-state index is -0.0332. The van der Waals surface area contributed by atoms with E-state index in [1.165, 1.54) is 0 Å². The summed E-state index contributed by atoms with van der Waals surface area (Å²) in [6.45, 7) is 1.93. The van der Waals surface area contributed by atoms with E-state index in [4.69, 9.17) is 21.9 Å². The monoisotopic (exact) mass is 254 g/mol. The molecular weight excluding hydrogens is 240 g/mol. The Morgan fingerprint density at radius 3 is 2.88 bits per heavy atom. The third-order valence-electron chi connectivity index (χ3n) is 2.82. The second-order valence-corrected chi connectivity index (χ2v) is 4.32. The first kappa shape index (κ1) is 12.2. The maximum atomic E-state index is 6.18. The van der Waals surface area contributed by atoms with Gasteiger partial charge in [0.15, 0.2) is 0 Å². The molecule has 0 aromatic carbocycles. The fraction of sp³-hybridized carbons (Fsp3) is 0.364. The Balaban J connectivity index is 2.24. The molecule has 1 unspecified atom stereocenters. The molecule has 17 heavy (non-hydrogen) atoms. The van der Waals surface area contributed by atoms with Crippen molar-refractivity contribution in [1.29, 1.82) is 0 Å². The molecular formula is C11H15ClN4O. The smallest absolute Gasteiger partial charge is 0.130 e. The van der Waals surface area contributed by atoms with Crippen LogP contribution in [0, 0.1) is 6.92 Å². The molecule has 5 nitrogen and oxygen atoms in total. The zero-order valence-electron chi connectivity index (χ0n) is 9.77. The molecule has 0 spiro atoms. The zero-order chi connectivity index (χ0) is 12.4. The first-order valence-corrected chi connectivity index (χ1v) is 5.67. The molecule has 0 aliphatic heterocycles. The number of hydrogen-bond donors (Lipinski definition) is 2. The Morgan fingerprint density at radius 1 is 1.65 bits per heavy atom. The lowest BCUT2D eigenvalue weighted by atomic mass is 10.0. The van der Waals surface area contributed by atoms with Crippen LogP contribution in [0.25, 0.3) is 0 Å². The zero-order valence-corrected chi connectivity index (χ0v) is 10.5. The molecule has 0 radical (unpaired) electrons. The highest BCUT2D eigenvalue weighted by Crippen LogP contribution is 2.25. The molecule has 0 amide bonds. The summed E-state index contributed by atoms with van der Waals surface area (Å²) in [7, 11) is 1.82. The van der Waals surface area contributed by atoms with E-state index < -0.39 is 0 Å². The van der Waals surface area contributed by atoms with Gasteiger partial charge in [0.25, 0.3) is 0 Å². The van der Waals surface area contributed by atoms with E-state index in [1.807, 2.05) is 20.0 Å². The summed E-state index contributed by atoms with van der Waals surface area (Å²) in [4.78, 5) is 0. The van der Waals surface area contributed by atoms with Crippen LogP contribution in [-0.4, -0.2) is 9.78 Å². The van der Waals surface area contributed by atoms with Crippen LogP contribution >= 0.6 is 11.6 Å². The van der Waals surface area contributed by atoms with Gasteiger partial charge in [-0.1, -0.05) is 11.6 Å². The Kier molecular flexibility index (Phi) is 3.51. The summed E-state index contributed by atoms with van der Waals surface area (Å²) in [6.07, 6.45) is 3.97. The quantitative estimate of drug-likeness (QED) is 0.644. The number of nitrogens with one attached hydrogen (secondary N) is 1. The summed E-state index contributed by atoms with van der Waals surface area (Å²) in [5.41, 5.74) is 5.67. The summed E-state index contributed by atoms with van der Waals surface area (Å²) in [5, 5.41) is 4.92. The number of furan rings is 1. The van der Waals surface area contributed by atoms with Gasteiger partial charge in [0.2, 0.25) is 0 Å². The van der Waals surface area contributed by atoms with Gasteiger partial charge in [-0.3, -0.25) is 16.0 Å². The van der Waals surface area contributed by atoms with Crippen molar-refractivity contribution >= 4 is 11.6 Å². The van der Waals surface area contributed by atoms with E-state index in [-0.39, 0.29) is 6.04 Å². The Labute approximate surface area is 105 Å². The third-order valence-corrected chi connectivity index (χ3v) is 3.30. The van der Waals surface area contributed by atoms with Crippen molar-refractivity contribution in [3.05, 3.63) is 40.6 Å². The summed E-state index contributed by atoms with van der Waals surface area (Å²) in [6, 6.07) is 1.85. The predicted molar refractivity (Wildman–Crippen MR) is 65.4 cm³/mol. The normalized spacial score (nSPS) is 12.9. The van der Waals surface area contributed by atoms with Gasteiger partial charge in [-0.25, -0.2) is 0 Å². The van der Waals surface area contributed by atoms with Crippen LogP contribution in [0.5, 0.6) is 0 Å². The van der Waals surface area contributed by atoms with Gasteiger partial charge in [0.05, 0.1) is 24.3 Å². The van der Waals surface area contributed by atoms with Crippen LogP contribution < -0.4 is 11.3 Å². The number of rotatable bonds is 4. The fourth-order valence-electron chi connectivity index (χ4n) is 1.86. The maximum absolute atomic E-state index is 6.18. The van der Waals surface area contributed by atoms with Gasteiger partial charge in [-0.15, -0.1) is 0 Å². The van der Waals surface area contributed by atoms with E-state index in [2.05, 4.69) is 10.5 Å². The molecule has 2 aromatic heterocycles. The highest BCUT2D eigenvalue weighted by molar-refractivity contribution is 6.30. The average Bonchev–Trinajstić information content (AvgIpc) is 2.89. The average molecular weight is 255 g/mol. The predicted octanol–water partition coefficient (Wildman–Crippen LogP) is 1.72. The molecule has 0 saturated heterocycles. The van der Waals surface area contributed by atoms with Crippen LogP contribution in [-0.2, 0) is 13.5 Å². The molecule has 0 fully saturated rings. The molecule has 2 aromatic rings. The summed E-state index contributed by atoms with van der Waals surface area (Å²) in [5.74, 6) is 5.56. The molecule has 0 aliphatic carbocycles. The van der Waals surface area contributed by atoms with E-state index >= 15 is 0 Å². The van der Waals surface area contributed by atoms with Crippen molar-refractivity contribution in [1.82, 2.24) is 15.2 Å². The Morgan fingerprint density at radius 2 is 2.41 bits per heavy atom. The number of hydrazine groups is 1. The molecule has 0 saturated carbocycles. The van der Waals surface area contributed by atoms with Crippen LogP contribution in [0.1, 0.15) is 22.9 Å².